The van der Waals surface area contributed by atoms with Gasteiger partial charge in [-0.2, -0.15) is 4.31 Å². The van der Waals surface area contributed by atoms with Gasteiger partial charge in [0.2, 0.25) is 15.9 Å². The molecule has 9 nitrogen and oxygen atoms in total. The molecule has 0 aliphatic carbocycles. The minimum Gasteiger partial charge on any atom is -0.453 e. The highest BCUT2D eigenvalue weighted by Gasteiger charge is 2.30. The molecule has 0 saturated carbocycles. The molecule has 1 aliphatic heterocycles. The van der Waals surface area contributed by atoms with E-state index in [4.69, 9.17) is 0 Å². The number of hydrogen-bond donors (Lipinski definition) is 2. The topological polar surface area (TPSA) is 118 Å². The molecule has 0 saturated heterocycles. The van der Waals surface area contributed by atoms with Gasteiger partial charge in [0.05, 0.1) is 24.2 Å². The third kappa shape index (κ3) is 4.26. The molecular formula is C16H18N4O5S2. The Morgan fingerprint density at radius 2 is 1.93 bits per heavy atom. The van der Waals surface area contributed by atoms with Crippen molar-refractivity contribution in [2.45, 2.75) is 24.8 Å². The highest BCUT2D eigenvalue weighted by atomic mass is 32.2. The summed E-state index contributed by atoms with van der Waals surface area (Å²) in [6, 6.07) is 6.03. The van der Waals surface area contributed by atoms with E-state index in [-0.39, 0.29) is 17.3 Å². The van der Waals surface area contributed by atoms with Gasteiger partial charge < -0.3 is 10.1 Å². The van der Waals surface area contributed by atoms with Crippen molar-refractivity contribution < 1.29 is 22.7 Å². The fourth-order valence-corrected chi connectivity index (χ4v) is 5.13. The number of benzene rings is 1. The second-order valence-corrected chi connectivity index (χ2v) is 8.82. The highest BCUT2D eigenvalue weighted by Crippen LogP contribution is 2.31. The zero-order valence-electron chi connectivity index (χ0n) is 14.7. The third-order valence-corrected chi connectivity index (χ3v) is 6.76. The van der Waals surface area contributed by atoms with Crippen LogP contribution in [-0.2, 0) is 32.5 Å². The van der Waals surface area contributed by atoms with Crippen molar-refractivity contribution in [3.63, 3.8) is 0 Å². The Morgan fingerprint density at radius 3 is 2.56 bits per heavy atom. The summed E-state index contributed by atoms with van der Waals surface area (Å²) in [5, 5.41) is 5.48. The number of aromatic nitrogens is 1. The Kier molecular flexibility index (Phi) is 5.44. The number of thiazole rings is 1. The number of nitrogens with one attached hydrogen (secondary N) is 2. The summed E-state index contributed by atoms with van der Waals surface area (Å²) in [7, 11) is -2.42. The molecule has 0 fully saturated rings. The van der Waals surface area contributed by atoms with Gasteiger partial charge in [0, 0.05) is 30.5 Å². The smallest absolute Gasteiger partial charge is 0.413 e. The minimum atomic E-state index is -3.68. The summed E-state index contributed by atoms with van der Waals surface area (Å²) in [6.45, 7) is 1.87. The SMILES string of the molecule is COC(=O)Nc1nc2c(s1)CN(S(=O)(=O)c1ccc(NC(C)=O)cc1)CC2. The number of sulfonamides is 1. The van der Waals surface area contributed by atoms with Gasteiger partial charge in [-0.1, -0.05) is 11.3 Å². The molecular weight excluding hydrogens is 392 g/mol. The Hall–Kier alpha value is -2.50. The fraction of sp³-hybridized carbons (Fsp3) is 0.312. The molecule has 0 bridgehead atoms. The average molecular weight is 410 g/mol. The number of carbonyl (C=O) groups excluding carboxylic acids is 2. The van der Waals surface area contributed by atoms with Crippen molar-refractivity contribution in [1.29, 1.82) is 0 Å². The van der Waals surface area contributed by atoms with E-state index in [1.165, 1.54) is 41.8 Å². The second-order valence-electron chi connectivity index (χ2n) is 5.80. The van der Waals surface area contributed by atoms with E-state index in [9.17, 15) is 18.0 Å². The molecule has 11 heteroatoms. The lowest BCUT2D eigenvalue weighted by Gasteiger charge is -2.25. The average Bonchev–Trinajstić information content (AvgIpc) is 3.02. The van der Waals surface area contributed by atoms with Gasteiger partial charge in [-0.25, -0.2) is 18.2 Å². The van der Waals surface area contributed by atoms with Crippen molar-refractivity contribution in [2.24, 2.45) is 0 Å². The third-order valence-electron chi connectivity index (χ3n) is 3.90. The van der Waals surface area contributed by atoms with E-state index in [0.717, 1.165) is 10.6 Å². The molecule has 1 aliphatic rings. The molecule has 2 amide bonds. The van der Waals surface area contributed by atoms with E-state index in [1.807, 2.05) is 0 Å². The maximum atomic E-state index is 12.9. The number of methoxy groups -OCH3 is 1. The maximum absolute atomic E-state index is 12.9. The summed E-state index contributed by atoms with van der Waals surface area (Å²) in [5.41, 5.74) is 1.31. The van der Waals surface area contributed by atoms with E-state index >= 15 is 0 Å². The molecule has 2 heterocycles. The van der Waals surface area contributed by atoms with Gasteiger partial charge >= 0.3 is 6.09 Å². The van der Waals surface area contributed by atoms with Crippen LogP contribution in [0.25, 0.3) is 0 Å². The van der Waals surface area contributed by atoms with Crippen LogP contribution in [0.4, 0.5) is 15.6 Å². The molecule has 0 radical (unpaired) electrons. The van der Waals surface area contributed by atoms with E-state index in [1.54, 1.807) is 12.1 Å². The standard InChI is InChI=1S/C16H18N4O5S2/c1-10(21)17-11-3-5-12(6-4-11)27(23,24)20-8-7-13-14(9-20)26-15(18-13)19-16(22)25-2/h3-6H,7-9H2,1-2H3,(H,17,21)(H,18,19,22). The molecule has 0 spiro atoms. The number of rotatable bonds is 4. The summed E-state index contributed by atoms with van der Waals surface area (Å²) < 4.78 is 31.7. The van der Waals surface area contributed by atoms with Gasteiger partial charge in [-0.3, -0.25) is 10.1 Å². The summed E-state index contributed by atoms with van der Waals surface area (Å²) in [4.78, 5) is 27.6. The minimum absolute atomic E-state index is 0.150. The fourth-order valence-electron chi connectivity index (χ4n) is 2.63. The number of ether oxygens (including phenoxy) is 1. The van der Waals surface area contributed by atoms with Gasteiger partial charge in [0.1, 0.15) is 0 Å². The van der Waals surface area contributed by atoms with Crippen LogP contribution in [0.5, 0.6) is 0 Å². The number of hydrogen-bond acceptors (Lipinski definition) is 7. The van der Waals surface area contributed by atoms with Crippen molar-refractivity contribution >= 4 is 44.2 Å². The van der Waals surface area contributed by atoms with Crippen LogP contribution in [0.1, 0.15) is 17.5 Å². The molecule has 1 aromatic heterocycles. The molecule has 3 rings (SSSR count). The zero-order valence-corrected chi connectivity index (χ0v) is 16.3. The first-order valence-corrected chi connectivity index (χ1v) is 10.3. The number of nitrogens with zero attached hydrogens (tertiary/aromatic N) is 2. The van der Waals surface area contributed by atoms with Crippen LogP contribution in [0.2, 0.25) is 0 Å². The number of amides is 2. The van der Waals surface area contributed by atoms with Crippen LogP contribution in [0, 0.1) is 0 Å². The van der Waals surface area contributed by atoms with Crippen molar-refractivity contribution in [3.05, 3.63) is 34.8 Å². The highest BCUT2D eigenvalue weighted by molar-refractivity contribution is 7.89. The van der Waals surface area contributed by atoms with Crippen LogP contribution < -0.4 is 10.6 Å². The molecule has 1 aromatic carbocycles. The first kappa shape index (κ1) is 19.3. The normalized spacial score (nSPS) is 14.3. The lowest BCUT2D eigenvalue weighted by atomic mass is 10.2. The summed E-state index contributed by atoms with van der Waals surface area (Å²) in [5.74, 6) is -0.226. The van der Waals surface area contributed by atoms with Crippen LogP contribution in [-0.4, -0.2) is 43.4 Å². The molecule has 144 valence electrons. The Bertz CT molecular complexity index is 969. The lowest BCUT2D eigenvalue weighted by Crippen LogP contribution is -2.35. The molecule has 27 heavy (non-hydrogen) atoms. The van der Waals surface area contributed by atoms with Crippen molar-refractivity contribution in [2.75, 3.05) is 24.3 Å². The van der Waals surface area contributed by atoms with E-state index in [2.05, 4.69) is 20.4 Å². The van der Waals surface area contributed by atoms with Crippen LogP contribution >= 0.6 is 11.3 Å². The van der Waals surface area contributed by atoms with Gasteiger partial charge in [0.25, 0.3) is 0 Å². The monoisotopic (exact) mass is 410 g/mol. The predicted octanol–water partition coefficient (Wildman–Crippen LogP) is 2.03. The number of carbonyl (C=O) groups is 2. The number of anilines is 2. The molecule has 0 unspecified atom stereocenters. The first-order valence-electron chi connectivity index (χ1n) is 8.01. The maximum Gasteiger partial charge on any atom is 0.413 e. The predicted molar refractivity (Wildman–Crippen MR) is 100 cm³/mol. The Labute approximate surface area is 160 Å². The van der Waals surface area contributed by atoms with Gasteiger partial charge in [-0.05, 0) is 24.3 Å². The zero-order chi connectivity index (χ0) is 19.6. The summed E-state index contributed by atoms with van der Waals surface area (Å²) in [6.07, 6.45) is -0.164. The van der Waals surface area contributed by atoms with Crippen LogP contribution in [0.3, 0.4) is 0 Å². The Balaban J connectivity index is 1.77. The van der Waals surface area contributed by atoms with Crippen LogP contribution in [0.15, 0.2) is 29.2 Å². The van der Waals surface area contributed by atoms with Crippen molar-refractivity contribution in [1.82, 2.24) is 9.29 Å². The van der Waals surface area contributed by atoms with Gasteiger partial charge in [-0.15, -0.1) is 0 Å². The first-order chi connectivity index (χ1) is 12.8. The largest absolute Gasteiger partial charge is 0.453 e. The van der Waals surface area contributed by atoms with E-state index in [0.29, 0.717) is 23.8 Å². The molecule has 2 aromatic rings. The second kappa shape index (κ2) is 7.62. The Morgan fingerprint density at radius 1 is 1.22 bits per heavy atom. The number of fused-ring (bicyclic) bond motifs is 1. The lowest BCUT2D eigenvalue weighted by molar-refractivity contribution is -0.114. The van der Waals surface area contributed by atoms with Gasteiger partial charge in [0.15, 0.2) is 5.13 Å². The molecule has 2 N–H and O–H groups in total. The summed E-state index contributed by atoms with van der Waals surface area (Å²) >= 11 is 1.23. The molecule has 0 atom stereocenters. The quantitative estimate of drug-likeness (QED) is 0.796. The van der Waals surface area contributed by atoms with E-state index < -0.39 is 16.1 Å². The van der Waals surface area contributed by atoms with Crippen molar-refractivity contribution in [3.8, 4) is 0 Å².